The van der Waals surface area contributed by atoms with Crippen LogP contribution in [0.1, 0.15) is 18.9 Å². The molecule has 1 atom stereocenters. The number of ether oxygens (including phenoxy) is 1. The number of piperazine rings is 1. The van der Waals surface area contributed by atoms with Gasteiger partial charge in [-0.05, 0) is 37.1 Å². The smallest absolute Gasteiger partial charge is 0.228 e. The Morgan fingerprint density at radius 3 is 2.43 bits per heavy atom. The van der Waals surface area contributed by atoms with Gasteiger partial charge in [-0.15, -0.1) is 0 Å². The lowest BCUT2D eigenvalue weighted by molar-refractivity contribution is -0.119. The first-order valence-electron chi connectivity index (χ1n) is 10.2. The van der Waals surface area contributed by atoms with Gasteiger partial charge in [0.15, 0.2) is 0 Å². The molecular formula is C23H29N3O2. The Hall–Kier alpha value is -2.53. The number of carbonyl (C=O) groups excluding carboxylic acids is 1. The second kappa shape index (κ2) is 8.23. The number of hydrogen-bond donors (Lipinski definition) is 0. The molecular weight excluding hydrogens is 350 g/mol. The number of hydrogen-bond acceptors (Lipinski definition) is 4. The third-order valence-corrected chi connectivity index (χ3v) is 5.92. The quantitative estimate of drug-likeness (QED) is 0.799. The summed E-state index contributed by atoms with van der Waals surface area (Å²) in [7, 11) is 1.72. The maximum atomic E-state index is 12.9. The van der Waals surface area contributed by atoms with E-state index in [4.69, 9.17) is 4.74 Å². The van der Waals surface area contributed by atoms with Crippen molar-refractivity contribution in [3.8, 4) is 5.75 Å². The number of benzene rings is 2. The third-order valence-electron chi connectivity index (χ3n) is 5.92. The van der Waals surface area contributed by atoms with Crippen molar-refractivity contribution in [1.29, 1.82) is 0 Å². The number of nitrogens with zero attached hydrogens (tertiary/aromatic N) is 3. The monoisotopic (exact) mass is 379 g/mol. The van der Waals surface area contributed by atoms with Gasteiger partial charge in [0.25, 0.3) is 0 Å². The highest BCUT2D eigenvalue weighted by atomic mass is 16.5. The van der Waals surface area contributed by atoms with E-state index in [0.29, 0.717) is 6.42 Å². The molecule has 0 spiro atoms. The fourth-order valence-electron chi connectivity index (χ4n) is 4.42. The van der Waals surface area contributed by atoms with E-state index in [1.807, 2.05) is 23.1 Å². The van der Waals surface area contributed by atoms with E-state index < -0.39 is 0 Å². The Kier molecular flexibility index (Phi) is 5.53. The van der Waals surface area contributed by atoms with Crippen LogP contribution in [0.4, 0.5) is 11.4 Å². The molecule has 0 aromatic heterocycles. The molecule has 2 aliphatic heterocycles. The summed E-state index contributed by atoms with van der Waals surface area (Å²) >= 11 is 0. The maximum absolute atomic E-state index is 12.9. The average Bonchev–Trinajstić information content (AvgIpc) is 3.08. The highest BCUT2D eigenvalue weighted by molar-refractivity contribution is 5.96. The molecule has 0 radical (unpaired) electrons. The fourth-order valence-corrected chi connectivity index (χ4v) is 4.42. The SMILES string of the molecule is COc1ccccc1N1CCN(CCC(=O)N2c3ccccc3CC2C)CC1. The predicted molar refractivity (Wildman–Crippen MR) is 113 cm³/mol. The molecule has 0 N–H and O–H groups in total. The van der Waals surface area contributed by atoms with Crippen LogP contribution in [0, 0.1) is 0 Å². The molecule has 2 aromatic carbocycles. The summed E-state index contributed by atoms with van der Waals surface area (Å²) in [5.74, 6) is 1.16. The fraction of sp³-hybridized carbons (Fsp3) is 0.435. The molecule has 1 amide bonds. The summed E-state index contributed by atoms with van der Waals surface area (Å²) in [6, 6.07) is 16.7. The second-order valence-electron chi connectivity index (χ2n) is 7.70. The molecule has 2 aromatic rings. The number of rotatable bonds is 5. The van der Waals surface area contributed by atoms with Crippen molar-refractivity contribution in [2.75, 3.05) is 49.6 Å². The van der Waals surface area contributed by atoms with E-state index in [2.05, 4.69) is 47.1 Å². The van der Waals surface area contributed by atoms with Gasteiger partial charge in [-0.2, -0.15) is 0 Å². The van der Waals surface area contributed by atoms with Crippen molar-refractivity contribution in [1.82, 2.24) is 4.90 Å². The van der Waals surface area contributed by atoms with Crippen LogP contribution in [0.5, 0.6) is 5.75 Å². The van der Waals surface area contributed by atoms with Gasteiger partial charge in [0.1, 0.15) is 5.75 Å². The first-order valence-corrected chi connectivity index (χ1v) is 10.2. The highest BCUT2D eigenvalue weighted by Gasteiger charge is 2.30. The Labute approximate surface area is 167 Å². The molecule has 4 rings (SSSR count). The molecule has 5 heteroatoms. The normalized spacial score (nSPS) is 19.6. The first kappa shape index (κ1) is 18.8. The number of fused-ring (bicyclic) bond motifs is 1. The van der Waals surface area contributed by atoms with Crippen molar-refractivity contribution in [3.05, 3.63) is 54.1 Å². The van der Waals surface area contributed by atoms with E-state index >= 15 is 0 Å². The molecule has 5 nitrogen and oxygen atoms in total. The molecule has 28 heavy (non-hydrogen) atoms. The first-order chi connectivity index (χ1) is 13.7. The van der Waals surface area contributed by atoms with E-state index in [-0.39, 0.29) is 11.9 Å². The van der Waals surface area contributed by atoms with Gasteiger partial charge < -0.3 is 14.5 Å². The highest BCUT2D eigenvalue weighted by Crippen LogP contribution is 2.32. The van der Waals surface area contributed by atoms with Crippen LogP contribution in [-0.2, 0) is 11.2 Å². The molecule has 2 heterocycles. The van der Waals surface area contributed by atoms with Gasteiger partial charge >= 0.3 is 0 Å². The lowest BCUT2D eigenvalue weighted by Gasteiger charge is -2.36. The molecule has 1 saturated heterocycles. The minimum atomic E-state index is 0.240. The Balaban J connectivity index is 1.31. The van der Waals surface area contributed by atoms with Gasteiger partial charge in [0.2, 0.25) is 5.91 Å². The van der Waals surface area contributed by atoms with Gasteiger partial charge in [-0.3, -0.25) is 9.69 Å². The Bertz CT molecular complexity index is 830. The molecule has 0 bridgehead atoms. The minimum Gasteiger partial charge on any atom is -0.495 e. The molecule has 148 valence electrons. The summed E-state index contributed by atoms with van der Waals surface area (Å²) in [5.41, 5.74) is 3.54. The molecule has 0 aliphatic carbocycles. The number of para-hydroxylation sites is 3. The molecule has 0 saturated carbocycles. The van der Waals surface area contributed by atoms with Gasteiger partial charge in [0, 0.05) is 50.9 Å². The summed E-state index contributed by atoms with van der Waals surface area (Å²) in [5, 5.41) is 0. The zero-order chi connectivity index (χ0) is 19.5. The number of carbonyl (C=O) groups is 1. The van der Waals surface area contributed by atoms with Crippen LogP contribution in [0.15, 0.2) is 48.5 Å². The van der Waals surface area contributed by atoms with E-state index in [1.165, 1.54) is 5.56 Å². The zero-order valence-electron chi connectivity index (χ0n) is 16.8. The second-order valence-corrected chi connectivity index (χ2v) is 7.70. The summed E-state index contributed by atoms with van der Waals surface area (Å²) in [6.07, 6.45) is 1.53. The minimum absolute atomic E-state index is 0.240. The van der Waals surface area contributed by atoms with E-state index in [0.717, 1.165) is 56.3 Å². The van der Waals surface area contributed by atoms with Crippen LogP contribution in [-0.4, -0.2) is 56.7 Å². The standard InChI is InChI=1S/C23H29N3O2/c1-18-17-19-7-3-4-8-20(19)26(18)23(27)11-12-24-13-15-25(16-14-24)21-9-5-6-10-22(21)28-2/h3-10,18H,11-17H2,1-2H3. The van der Waals surface area contributed by atoms with Crippen LogP contribution in [0.25, 0.3) is 0 Å². The zero-order valence-corrected chi connectivity index (χ0v) is 16.8. The molecule has 2 aliphatic rings. The summed E-state index contributed by atoms with van der Waals surface area (Å²) in [6.45, 7) is 6.82. The predicted octanol–water partition coefficient (Wildman–Crippen LogP) is 3.19. The topological polar surface area (TPSA) is 36.0 Å². The van der Waals surface area contributed by atoms with E-state index in [9.17, 15) is 4.79 Å². The van der Waals surface area contributed by atoms with Crippen LogP contribution in [0.2, 0.25) is 0 Å². The molecule has 1 unspecified atom stereocenters. The maximum Gasteiger partial charge on any atom is 0.228 e. The average molecular weight is 380 g/mol. The van der Waals surface area contributed by atoms with Crippen LogP contribution < -0.4 is 14.5 Å². The van der Waals surface area contributed by atoms with Crippen molar-refractivity contribution >= 4 is 17.3 Å². The number of methoxy groups -OCH3 is 1. The number of amides is 1. The lowest BCUT2D eigenvalue weighted by atomic mass is 10.1. The largest absolute Gasteiger partial charge is 0.495 e. The van der Waals surface area contributed by atoms with Gasteiger partial charge in [-0.1, -0.05) is 30.3 Å². The summed E-state index contributed by atoms with van der Waals surface area (Å²) in [4.78, 5) is 19.7. The van der Waals surface area contributed by atoms with Crippen molar-refractivity contribution in [2.24, 2.45) is 0 Å². The van der Waals surface area contributed by atoms with E-state index in [1.54, 1.807) is 7.11 Å². The molecule has 1 fully saturated rings. The van der Waals surface area contributed by atoms with Crippen molar-refractivity contribution < 1.29 is 9.53 Å². The van der Waals surface area contributed by atoms with Crippen molar-refractivity contribution in [2.45, 2.75) is 25.8 Å². The van der Waals surface area contributed by atoms with Crippen LogP contribution in [0.3, 0.4) is 0 Å². The summed E-state index contributed by atoms with van der Waals surface area (Å²) < 4.78 is 5.49. The van der Waals surface area contributed by atoms with Crippen LogP contribution >= 0.6 is 0 Å². The van der Waals surface area contributed by atoms with Gasteiger partial charge in [-0.25, -0.2) is 0 Å². The van der Waals surface area contributed by atoms with Crippen molar-refractivity contribution in [3.63, 3.8) is 0 Å². The Morgan fingerprint density at radius 2 is 1.68 bits per heavy atom. The lowest BCUT2D eigenvalue weighted by Crippen LogP contribution is -2.47. The van der Waals surface area contributed by atoms with Gasteiger partial charge in [0.05, 0.1) is 12.8 Å². The third kappa shape index (κ3) is 3.72. The Morgan fingerprint density at radius 1 is 1.00 bits per heavy atom. The number of anilines is 2.